The number of nitrogens with one attached hydrogen (secondary N) is 2. The second kappa shape index (κ2) is 11.1. The van der Waals surface area contributed by atoms with E-state index in [-0.39, 0.29) is 11.9 Å². The monoisotopic (exact) mass is 437 g/mol. The highest BCUT2D eigenvalue weighted by Gasteiger charge is 2.22. The molecular weight excluding hydrogens is 402 g/mol. The molecule has 7 nitrogen and oxygen atoms in total. The lowest BCUT2D eigenvalue weighted by Gasteiger charge is -2.34. The number of carbonyl (C=O) groups is 2. The summed E-state index contributed by atoms with van der Waals surface area (Å²) < 4.78 is 0. The average molecular weight is 438 g/mol. The van der Waals surface area contributed by atoms with E-state index in [0.717, 1.165) is 28.9 Å². The summed E-state index contributed by atoms with van der Waals surface area (Å²) in [6.45, 7) is 8.34. The molecule has 1 aliphatic heterocycles. The Bertz CT molecular complexity index is 936. The van der Waals surface area contributed by atoms with Crippen molar-refractivity contribution in [3.8, 4) is 0 Å². The zero-order valence-electron chi connectivity index (χ0n) is 19.6. The molecule has 1 saturated heterocycles. The zero-order chi connectivity index (χ0) is 23.1. The van der Waals surface area contributed by atoms with Crippen molar-refractivity contribution >= 4 is 17.6 Å². The largest absolute Gasteiger partial charge is 0.334 e. The topological polar surface area (TPSA) is 67.9 Å². The van der Waals surface area contributed by atoms with Crippen LogP contribution in [0.5, 0.6) is 0 Å². The van der Waals surface area contributed by atoms with Crippen LogP contribution in [0.4, 0.5) is 10.5 Å². The van der Waals surface area contributed by atoms with Crippen molar-refractivity contribution in [1.29, 1.82) is 0 Å². The first-order chi connectivity index (χ1) is 15.3. The molecule has 0 saturated carbocycles. The van der Waals surface area contributed by atoms with E-state index in [1.807, 2.05) is 63.2 Å². The number of amides is 3. The van der Waals surface area contributed by atoms with Crippen LogP contribution in [0, 0.1) is 13.8 Å². The van der Waals surface area contributed by atoms with Crippen molar-refractivity contribution < 1.29 is 9.59 Å². The maximum Gasteiger partial charge on any atom is 0.317 e. The number of piperazine rings is 1. The predicted octanol–water partition coefficient (Wildman–Crippen LogP) is 2.83. The van der Waals surface area contributed by atoms with Crippen molar-refractivity contribution in [3.63, 3.8) is 0 Å². The molecule has 2 aromatic carbocycles. The molecule has 0 aromatic heterocycles. The van der Waals surface area contributed by atoms with Crippen molar-refractivity contribution in [3.05, 3.63) is 64.7 Å². The fourth-order valence-corrected chi connectivity index (χ4v) is 3.90. The molecular formula is C25H35N5O2. The van der Waals surface area contributed by atoms with E-state index < -0.39 is 0 Å². The molecule has 2 aromatic rings. The summed E-state index contributed by atoms with van der Waals surface area (Å²) in [5.74, 6) is -0.0194. The van der Waals surface area contributed by atoms with E-state index >= 15 is 0 Å². The van der Waals surface area contributed by atoms with E-state index in [0.29, 0.717) is 39.3 Å². The number of carbonyl (C=O) groups excluding carboxylic acids is 2. The van der Waals surface area contributed by atoms with Gasteiger partial charge in [-0.15, -0.1) is 0 Å². The summed E-state index contributed by atoms with van der Waals surface area (Å²) in [5, 5.41) is 6.07. The Labute approximate surface area is 191 Å². The molecule has 0 bridgehead atoms. The summed E-state index contributed by atoms with van der Waals surface area (Å²) >= 11 is 0. The first kappa shape index (κ1) is 23.8. The zero-order valence-corrected chi connectivity index (χ0v) is 19.6. The van der Waals surface area contributed by atoms with Gasteiger partial charge >= 0.3 is 6.03 Å². The Balaban J connectivity index is 1.44. The Hall–Kier alpha value is -2.90. The van der Waals surface area contributed by atoms with Gasteiger partial charge in [-0.25, -0.2) is 4.79 Å². The minimum atomic E-state index is -0.0517. The van der Waals surface area contributed by atoms with Gasteiger partial charge in [0.25, 0.3) is 0 Å². The van der Waals surface area contributed by atoms with E-state index in [2.05, 4.69) is 32.6 Å². The van der Waals surface area contributed by atoms with Crippen LogP contribution in [-0.4, -0.2) is 73.5 Å². The fraction of sp³-hybridized carbons (Fsp3) is 0.440. The first-order valence-corrected chi connectivity index (χ1v) is 11.2. The second-order valence-corrected chi connectivity index (χ2v) is 8.72. The number of hydrogen-bond donors (Lipinski definition) is 2. The smallest absolute Gasteiger partial charge is 0.317 e. The highest BCUT2D eigenvalue weighted by atomic mass is 16.2. The molecule has 7 heteroatoms. The van der Waals surface area contributed by atoms with Gasteiger partial charge in [-0.3, -0.25) is 9.69 Å². The number of anilines is 1. The second-order valence-electron chi connectivity index (χ2n) is 8.72. The van der Waals surface area contributed by atoms with Crippen LogP contribution in [0.3, 0.4) is 0 Å². The highest BCUT2D eigenvalue weighted by molar-refractivity contribution is 5.93. The van der Waals surface area contributed by atoms with Crippen LogP contribution >= 0.6 is 0 Å². The fourth-order valence-electron chi connectivity index (χ4n) is 3.90. The van der Waals surface area contributed by atoms with Gasteiger partial charge in [-0.2, -0.15) is 0 Å². The van der Waals surface area contributed by atoms with Gasteiger partial charge in [-0.05, 0) is 56.3 Å². The molecule has 3 rings (SSSR count). The Morgan fingerprint density at radius 2 is 1.62 bits per heavy atom. The van der Waals surface area contributed by atoms with E-state index in [1.54, 1.807) is 0 Å². The molecule has 0 atom stereocenters. The number of urea groups is 1. The van der Waals surface area contributed by atoms with Crippen molar-refractivity contribution in [2.45, 2.75) is 26.9 Å². The summed E-state index contributed by atoms with van der Waals surface area (Å²) in [7, 11) is 4.08. The molecule has 3 amide bonds. The van der Waals surface area contributed by atoms with Crippen LogP contribution in [0.15, 0.2) is 42.5 Å². The molecule has 1 heterocycles. The standard InChI is InChI=1S/C25H35N5O2/c1-19-8-7-11-23(20(19)2)27-24(31)18-29-12-14-30(15-13-29)25(32)26-16-21-9-5-6-10-22(21)17-28(3)4/h5-11H,12-18H2,1-4H3,(H,26,32)(H,27,31). The van der Waals surface area contributed by atoms with E-state index in [9.17, 15) is 9.59 Å². The lowest BCUT2D eigenvalue weighted by atomic mass is 10.1. The maximum atomic E-state index is 12.7. The third-order valence-corrected chi connectivity index (χ3v) is 5.94. The van der Waals surface area contributed by atoms with Crippen LogP contribution in [0.2, 0.25) is 0 Å². The minimum absolute atomic E-state index is 0.0194. The van der Waals surface area contributed by atoms with Crippen LogP contribution < -0.4 is 10.6 Å². The number of hydrogen-bond acceptors (Lipinski definition) is 4. The highest BCUT2D eigenvalue weighted by Crippen LogP contribution is 2.18. The van der Waals surface area contributed by atoms with Crippen molar-refractivity contribution in [2.75, 3.05) is 52.1 Å². The molecule has 2 N–H and O–H groups in total. The predicted molar refractivity (Wildman–Crippen MR) is 129 cm³/mol. The third kappa shape index (κ3) is 6.55. The van der Waals surface area contributed by atoms with Crippen LogP contribution in [-0.2, 0) is 17.9 Å². The molecule has 0 unspecified atom stereocenters. The summed E-state index contributed by atoms with van der Waals surface area (Å²) in [6, 6.07) is 14.1. The van der Waals surface area contributed by atoms with Gasteiger partial charge in [0.1, 0.15) is 0 Å². The lowest BCUT2D eigenvalue weighted by Crippen LogP contribution is -2.52. The summed E-state index contributed by atoms with van der Waals surface area (Å²) in [4.78, 5) is 31.2. The number of rotatable bonds is 7. The minimum Gasteiger partial charge on any atom is -0.334 e. The molecule has 0 aliphatic carbocycles. The SMILES string of the molecule is Cc1cccc(NC(=O)CN2CCN(C(=O)NCc3ccccc3CN(C)C)CC2)c1C. The van der Waals surface area contributed by atoms with Gasteiger partial charge in [0.2, 0.25) is 5.91 Å². The molecule has 1 fully saturated rings. The first-order valence-electron chi connectivity index (χ1n) is 11.2. The molecule has 0 spiro atoms. The van der Waals surface area contributed by atoms with Crippen molar-refractivity contribution in [2.24, 2.45) is 0 Å². The summed E-state index contributed by atoms with van der Waals surface area (Å²) in [5.41, 5.74) is 5.47. The average Bonchev–Trinajstić information content (AvgIpc) is 2.76. The maximum absolute atomic E-state index is 12.7. The Kier molecular flexibility index (Phi) is 8.25. The number of nitrogens with zero attached hydrogens (tertiary/aromatic N) is 3. The number of benzene rings is 2. The number of aryl methyl sites for hydroxylation is 1. The van der Waals surface area contributed by atoms with Gasteiger partial charge in [0.05, 0.1) is 6.54 Å². The van der Waals surface area contributed by atoms with Crippen molar-refractivity contribution in [1.82, 2.24) is 20.0 Å². The van der Waals surface area contributed by atoms with Gasteiger partial charge < -0.3 is 20.4 Å². The van der Waals surface area contributed by atoms with Crippen LogP contribution in [0.25, 0.3) is 0 Å². The molecule has 32 heavy (non-hydrogen) atoms. The Morgan fingerprint density at radius 3 is 2.31 bits per heavy atom. The quantitative estimate of drug-likeness (QED) is 0.699. The molecule has 0 radical (unpaired) electrons. The molecule has 1 aliphatic rings. The lowest BCUT2D eigenvalue weighted by molar-refractivity contribution is -0.117. The Morgan fingerprint density at radius 1 is 0.938 bits per heavy atom. The molecule has 172 valence electrons. The van der Waals surface area contributed by atoms with Gasteiger partial charge in [0.15, 0.2) is 0 Å². The van der Waals surface area contributed by atoms with Gasteiger partial charge in [-0.1, -0.05) is 36.4 Å². The van der Waals surface area contributed by atoms with Crippen LogP contribution in [0.1, 0.15) is 22.3 Å². The van der Waals surface area contributed by atoms with E-state index in [4.69, 9.17) is 0 Å². The summed E-state index contributed by atoms with van der Waals surface area (Å²) in [6.07, 6.45) is 0. The normalized spacial score (nSPS) is 14.5. The van der Waals surface area contributed by atoms with Gasteiger partial charge in [0, 0.05) is 45.0 Å². The van der Waals surface area contributed by atoms with E-state index in [1.165, 1.54) is 5.56 Å². The third-order valence-electron chi connectivity index (χ3n) is 5.94.